The number of hydrogen-bond acceptors (Lipinski definition) is 5. The summed E-state index contributed by atoms with van der Waals surface area (Å²) >= 11 is 0. The molecule has 128 valence electrons. The van der Waals surface area contributed by atoms with Crippen LogP contribution in [-0.2, 0) is 20.5 Å². The molecular weight excluding hydrogens is 326 g/mol. The third kappa shape index (κ3) is 7.99. The fourth-order valence-electron chi connectivity index (χ4n) is 1.81. The Bertz CT molecular complexity index is 557. The van der Waals surface area contributed by atoms with E-state index in [1.807, 2.05) is 43.9 Å². The third-order valence-electron chi connectivity index (χ3n) is 2.55. The molecule has 1 aromatic rings. The van der Waals surface area contributed by atoms with Gasteiger partial charge in [0.05, 0.1) is 0 Å². The van der Waals surface area contributed by atoms with E-state index in [0.717, 1.165) is 11.3 Å². The summed E-state index contributed by atoms with van der Waals surface area (Å²) in [4.78, 5) is 17.0. The molecular formula is C16H27NO4Si2. The van der Waals surface area contributed by atoms with Crippen molar-refractivity contribution in [3.63, 3.8) is 0 Å². The van der Waals surface area contributed by atoms with Gasteiger partial charge < -0.3 is 13.7 Å². The Labute approximate surface area is 140 Å². The zero-order chi connectivity index (χ0) is 17.7. The van der Waals surface area contributed by atoms with Gasteiger partial charge in [-0.1, -0.05) is 17.3 Å². The summed E-state index contributed by atoms with van der Waals surface area (Å²) in [6, 6.07) is 7.70. The first kappa shape index (κ1) is 19.4. The maximum Gasteiger partial charge on any atom is 0.343 e. The molecule has 0 atom stereocenters. The van der Waals surface area contributed by atoms with E-state index in [2.05, 4.69) is 24.8 Å². The van der Waals surface area contributed by atoms with E-state index < -0.39 is 22.6 Å². The summed E-state index contributed by atoms with van der Waals surface area (Å²) in [7, 11) is -2.16. The lowest BCUT2D eigenvalue weighted by Gasteiger charge is -2.19. The molecule has 1 rings (SSSR count). The lowest BCUT2D eigenvalue weighted by Crippen LogP contribution is -2.34. The summed E-state index contributed by atoms with van der Waals surface area (Å²) in [5, 5.41) is 3.83. The van der Waals surface area contributed by atoms with Gasteiger partial charge >= 0.3 is 5.97 Å². The molecule has 0 saturated heterocycles. The quantitative estimate of drug-likeness (QED) is 0.425. The number of carbonyl (C=O) groups is 1. The molecule has 0 radical (unpaired) electrons. The van der Waals surface area contributed by atoms with Crippen LogP contribution >= 0.6 is 0 Å². The van der Waals surface area contributed by atoms with E-state index in [9.17, 15) is 4.79 Å². The molecule has 0 heterocycles. The molecule has 0 saturated carbocycles. The monoisotopic (exact) mass is 353 g/mol. The average molecular weight is 354 g/mol. The highest BCUT2D eigenvalue weighted by atomic mass is 28.4. The summed E-state index contributed by atoms with van der Waals surface area (Å²) in [5.41, 5.74) is 1.23. The van der Waals surface area contributed by atoms with Gasteiger partial charge in [-0.25, -0.2) is 4.79 Å². The largest absolute Gasteiger partial charge is 0.544 e. The van der Waals surface area contributed by atoms with Crippen LogP contribution in [0, 0.1) is 0 Å². The standard InChI is InChI=1S/C16H27NO4Si2/c1-19-17-15(16(18)21-23(5,6)7)12-13-8-10-14(11-9-13)20-22(2,3)4/h8-11H,12H2,1-7H3/b17-15+. The van der Waals surface area contributed by atoms with Gasteiger partial charge in [0.1, 0.15) is 12.9 Å². The summed E-state index contributed by atoms with van der Waals surface area (Å²) in [6.45, 7) is 12.3. The average Bonchev–Trinajstić information content (AvgIpc) is 2.36. The summed E-state index contributed by atoms with van der Waals surface area (Å²) in [5.74, 6) is 0.441. The smallest absolute Gasteiger partial charge is 0.343 e. The third-order valence-corrected chi connectivity index (χ3v) is 4.20. The Morgan fingerprint density at radius 1 is 1.00 bits per heavy atom. The number of carbonyl (C=O) groups excluding carboxylic acids is 1. The highest BCUT2D eigenvalue weighted by Crippen LogP contribution is 2.17. The van der Waals surface area contributed by atoms with Crippen LogP contribution in [-0.4, -0.2) is 35.4 Å². The van der Waals surface area contributed by atoms with Crippen LogP contribution in [0.2, 0.25) is 39.3 Å². The number of nitrogens with zero attached hydrogens (tertiary/aromatic N) is 1. The number of benzene rings is 1. The van der Waals surface area contributed by atoms with Crippen LogP contribution < -0.4 is 4.43 Å². The minimum Gasteiger partial charge on any atom is -0.544 e. The van der Waals surface area contributed by atoms with Gasteiger partial charge in [0.2, 0.25) is 16.6 Å². The van der Waals surface area contributed by atoms with Crippen molar-refractivity contribution >= 4 is 28.3 Å². The predicted molar refractivity (Wildman–Crippen MR) is 98.0 cm³/mol. The van der Waals surface area contributed by atoms with E-state index in [-0.39, 0.29) is 5.71 Å². The second-order valence-corrected chi connectivity index (χ2v) is 16.1. The molecule has 0 aliphatic rings. The molecule has 0 N–H and O–H groups in total. The van der Waals surface area contributed by atoms with Crippen LogP contribution in [0.15, 0.2) is 29.4 Å². The first-order valence-corrected chi connectivity index (χ1v) is 14.4. The Morgan fingerprint density at radius 2 is 1.57 bits per heavy atom. The lowest BCUT2D eigenvalue weighted by atomic mass is 10.1. The Kier molecular flexibility index (Phi) is 6.58. The maximum atomic E-state index is 12.2. The van der Waals surface area contributed by atoms with Crippen molar-refractivity contribution in [2.45, 2.75) is 45.7 Å². The highest BCUT2D eigenvalue weighted by molar-refractivity contribution is 6.72. The van der Waals surface area contributed by atoms with E-state index in [1.165, 1.54) is 7.11 Å². The number of oxime groups is 1. The molecule has 0 aliphatic heterocycles. The van der Waals surface area contributed by atoms with Crippen molar-refractivity contribution < 1.29 is 18.5 Å². The van der Waals surface area contributed by atoms with Crippen LogP contribution in [0.4, 0.5) is 0 Å². The minimum absolute atomic E-state index is 0.272. The SMILES string of the molecule is CO/N=C(\Cc1ccc(O[Si](C)(C)C)cc1)C(=O)O[Si](C)(C)C. The second kappa shape index (κ2) is 7.78. The Hall–Kier alpha value is -1.61. The molecule has 1 aromatic carbocycles. The van der Waals surface area contributed by atoms with Crippen LogP contribution in [0.5, 0.6) is 5.75 Å². The first-order valence-electron chi connectivity index (χ1n) is 7.61. The van der Waals surface area contributed by atoms with Gasteiger partial charge in [-0.3, -0.25) is 0 Å². The molecule has 23 heavy (non-hydrogen) atoms. The van der Waals surface area contributed by atoms with Crippen LogP contribution in [0.1, 0.15) is 5.56 Å². The number of rotatable bonds is 7. The van der Waals surface area contributed by atoms with Gasteiger partial charge in [-0.05, 0) is 57.0 Å². The van der Waals surface area contributed by atoms with E-state index >= 15 is 0 Å². The fourth-order valence-corrected chi connectivity index (χ4v) is 3.33. The topological polar surface area (TPSA) is 57.1 Å². The van der Waals surface area contributed by atoms with Crippen molar-refractivity contribution in [3.05, 3.63) is 29.8 Å². The molecule has 0 aromatic heterocycles. The van der Waals surface area contributed by atoms with Gasteiger partial charge in [0.15, 0.2) is 5.71 Å². The van der Waals surface area contributed by atoms with Crippen molar-refractivity contribution in [2.75, 3.05) is 7.11 Å². The molecule has 0 aliphatic carbocycles. The molecule has 0 amide bonds. The fraction of sp³-hybridized carbons (Fsp3) is 0.500. The molecule has 7 heteroatoms. The summed E-state index contributed by atoms with van der Waals surface area (Å²) < 4.78 is 11.4. The molecule has 0 fully saturated rings. The van der Waals surface area contributed by atoms with Gasteiger partial charge in [-0.15, -0.1) is 0 Å². The maximum absolute atomic E-state index is 12.2. The van der Waals surface area contributed by atoms with Crippen molar-refractivity contribution in [1.29, 1.82) is 0 Å². The van der Waals surface area contributed by atoms with Gasteiger partial charge in [-0.2, -0.15) is 0 Å². The minimum atomic E-state index is -1.97. The summed E-state index contributed by atoms with van der Waals surface area (Å²) in [6.07, 6.45) is 0.365. The Balaban J connectivity index is 2.82. The highest BCUT2D eigenvalue weighted by Gasteiger charge is 2.24. The second-order valence-electron chi connectivity index (χ2n) is 7.26. The zero-order valence-electron chi connectivity index (χ0n) is 15.1. The van der Waals surface area contributed by atoms with Crippen molar-refractivity contribution in [3.8, 4) is 5.75 Å². The lowest BCUT2D eigenvalue weighted by molar-refractivity contribution is -0.127. The van der Waals surface area contributed by atoms with Crippen molar-refractivity contribution in [1.82, 2.24) is 0 Å². The van der Waals surface area contributed by atoms with E-state index in [0.29, 0.717) is 6.42 Å². The zero-order valence-corrected chi connectivity index (χ0v) is 17.1. The molecule has 0 bridgehead atoms. The van der Waals surface area contributed by atoms with Gasteiger partial charge in [0.25, 0.3) is 0 Å². The molecule has 5 nitrogen and oxygen atoms in total. The Morgan fingerprint density at radius 3 is 2.00 bits per heavy atom. The van der Waals surface area contributed by atoms with E-state index in [4.69, 9.17) is 13.7 Å². The van der Waals surface area contributed by atoms with Crippen LogP contribution in [0.25, 0.3) is 0 Å². The van der Waals surface area contributed by atoms with Gasteiger partial charge in [0, 0.05) is 6.42 Å². The van der Waals surface area contributed by atoms with E-state index in [1.54, 1.807) is 0 Å². The normalized spacial score (nSPS) is 12.7. The predicted octanol–water partition coefficient (Wildman–Crippen LogP) is 3.82. The van der Waals surface area contributed by atoms with Crippen LogP contribution in [0.3, 0.4) is 0 Å². The number of hydrogen-bond donors (Lipinski definition) is 0. The van der Waals surface area contributed by atoms with Crippen molar-refractivity contribution in [2.24, 2.45) is 5.16 Å². The first-order chi connectivity index (χ1) is 10.5. The molecule has 0 spiro atoms. The molecule has 0 unspecified atom stereocenters.